The van der Waals surface area contributed by atoms with Crippen LogP contribution in [-0.2, 0) is 18.4 Å². The number of nitrogens with one attached hydrogen (secondary N) is 1. The molecular weight excluding hydrogens is 647 g/mol. The second-order valence-corrected chi connectivity index (χ2v) is 16.8. The molecule has 2 N–H and O–H groups in total. The van der Waals surface area contributed by atoms with Gasteiger partial charge in [-0.2, -0.15) is 0 Å². The average molecular weight is 729 g/mol. The minimum absolute atomic E-state index is 0.00103. The number of rotatable bonds is 37. The van der Waals surface area contributed by atoms with Gasteiger partial charge in [0.1, 0.15) is 13.2 Å². The molecule has 8 nitrogen and oxygen atoms in total. The van der Waals surface area contributed by atoms with Crippen LogP contribution in [0, 0.1) is 0 Å². The Balaban J connectivity index is 4.47. The molecule has 0 aliphatic carbocycles. The monoisotopic (exact) mass is 729 g/mol. The number of amides is 1. The van der Waals surface area contributed by atoms with Crippen LogP contribution in [-0.4, -0.2) is 68.5 Å². The molecule has 0 heterocycles. The van der Waals surface area contributed by atoms with Crippen molar-refractivity contribution in [2.45, 2.75) is 193 Å². The number of quaternary nitrogens is 1. The molecule has 3 atom stereocenters. The van der Waals surface area contributed by atoms with Gasteiger partial charge in [-0.05, 0) is 38.5 Å². The highest BCUT2D eigenvalue weighted by atomic mass is 31.2. The zero-order valence-electron chi connectivity index (χ0n) is 33.4. The van der Waals surface area contributed by atoms with Gasteiger partial charge in [0.2, 0.25) is 5.91 Å². The lowest BCUT2D eigenvalue weighted by Crippen LogP contribution is -2.45. The van der Waals surface area contributed by atoms with Gasteiger partial charge in [0, 0.05) is 6.42 Å². The van der Waals surface area contributed by atoms with Crippen LogP contribution in [0.1, 0.15) is 181 Å². The van der Waals surface area contributed by atoms with Crippen LogP contribution in [0.3, 0.4) is 0 Å². The highest BCUT2D eigenvalue weighted by Gasteiger charge is 2.23. The number of aliphatic hydroxyl groups excluding tert-OH is 1. The van der Waals surface area contributed by atoms with Crippen molar-refractivity contribution >= 4 is 13.7 Å². The Morgan fingerprint density at radius 2 is 1.14 bits per heavy atom. The van der Waals surface area contributed by atoms with Crippen LogP contribution in [0.2, 0.25) is 0 Å². The molecule has 0 aliphatic rings. The number of phosphoric acid groups is 1. The van der Waals surface area contributed by atoms with Crippen molar-refractivity contribution in [3.05, 3.63) is 24.3 Å². The molecule has 0 saturated carbocycles. The van der Waals surface area contributed by atoms with Gasteiger partial charge in [-0.15, -0.1) is 0 Å². The molecular formula is C41H81N2O6P. The van der Waals surface area contributed by atoms with Crippen molar-refractivity contribution in [2.24, 2.45) is 0 Å². The minimum Gasteiger partial charge on any atom is -0.756 e. The van der Waals surface area contributed by atoms with Crippen molar-refractivity contribution in [1.82, 2.24) is 5.32 Å². The fraction of sp³-hybridized carbons (Fsp3) is 0.878. The maximum atomic E-state index is 12.8. The van der Waals surface area contributed by atoms with Crippen LogP contribution in [0.4, 0.5) is 0 Å². The third kappa shape index (κ3) is 35.4. The lowest BCUT2D eigenvalue weighted by molar-refractivity contribution is -0.870. The quantitative estimate of drug-likeness (QED) is 0.0285. The summed E-state index contributed by atoms with van der Waals surface area (Å²) in [7, 11) is 1.26. The van der Waals surface area contributed by atoms with E-state index in [-0.39, 0.29) is 19.1 Å². The Morgan fingerprint density at radius 3 is 1.64 bits per heavy atom. The van der Waals surface area contributed by atoms with E-state index in [4.69, 9.17) is 9.05 Å². The summed E-state index contributed by atoms with van der Waals surface area (Å²) in [5.41, 5.74) is 0. The fourth-order valence-corrected chi connectivity index (χ4v) is 6.52. The summed E-state index contributed by atoms with van der Waals surface area (Å²) in [6.07, 6.45) is 37.8. The van der Waals surface area contributed by atoms with Gasteiger partial charge in [-0.3, -0.25) is 9.36 Å². The smallest absolute Gasteiger partial charge is 0.268 e. The SMILES string of the molecule is CCC/C=C/CCCCCCCC/C=C/[C@@H](O)[C@H](COP(=O)([O-])OCC[N+](C)(C)C)NC(=O)CCCCCCCCCCCCCCCCC. The number of carbonyl (C=O) groups excluding carboxylic acids is 1. The maximum absolute atomic E-state index is 12.8. The molecule has 9 heteroatoms. The predicted molar refractivity (Wildman–Crippen MR) is 210 cm³/mol. The van der Waals surface area contributed by atoms with E-state index in [1.165, 1.54) is 122 Å². The highest BCUT2D eigenvalue weighted by molar-refractivity contribution is 7.45. The zero-order chi connectivity index (χ0) is 37.2. The fourth-order valence-electron chi connectivity index (χ4n) is 5.80. The number of nitrogens with zero attached hydrogens (tertiary/aromatic N) is 1. The Kier molecular flexibility index (Phi) is 33.1. The summed E-state index contributed by atoms with van der Waals surface area (Å²) in [4.78, 5) is 25.2. The summed E-state index contributed by atoms with van der Waals surface area (Å²) in [6, 6.07) is -0.884. The van der Waals surface area contributed by atoms with Crippen molar-refractivity contribution < 1.29 is 32.9 Å². The van der Waals surface area contributed by atoms with Crippen LogP contribution in [0.5, 0.6) is 0 Å². The molecule has 0 saturated heterocycles. The van der Waals surface area contributed by atoms with Crippen molar-refractivity contribution in [2.75, 3.05) is 40.9 Å². The molecule has 0 aromatic rings. The molecule has 0 radical (unpaired) electrons. The van der Waals surface area contributed by atoms with Gasteiger partial charge in [-0.1, -0.05) is 160 Å². The van der Waals surface area contributed by atoms with E-state index < -0.39 is 20.0 Å². The van der Waals surface area contributed by atoms with Gasteiger partial charge in [0.15, 0.2) is 0 Å². The molecule has 1 unspecified atom stereocenters. The summed E-state index contributed by atoms with van der Waals surface area (Å²) < 4.78 is 23.1. The third-order valence-corrected chi connectivity index (χ3v) is 10.1. The zero-order valence-corrected chi connectivity index (χ0v) is 34.2. The molecule has 1 amide bonds. The number of phosphoric ester groups is 1. The molecule has 0 rings (SSSR count). The van der Waals surface area contributed by atoms with E-state index in [1.54, 1.807) is 6.08 Å². The number of likely N-dealkylation sites (N-methyl/N-ethyl adjacent to an activating group) is 1. The van der Waals surface area contributed by atoms with Crippen molar-refractivity contribution in [3.63, 3.8) is 0 Å². The summed E-state index contributed by atoms with van der Waals surface area (Å²) >= 11 is 0. The maximum Gasteiger partial charge on any atom is 0.268 e. The van der Waals surface area contributed by atoms with E-state index >= 15 is 0 Å². The van der Waals surface area contributed by atoms with E-state index in [0.29, 0.717) is 17.4 Å². The van der Waals surface area contributed by atoms with E-state index in [2.05, 4.69) is 31.3 Å². The van der Waals surface area contributed by atoms with Crippen LogP contribution in [0.15, 0.2) is 24.3 Å². The summed E-state index contributed by atoms with van der Waals surface area (Å²) in [5, 5.41) is 13.7. The Morgan fingerprint density at radius 1 is 0.680 bits per heavy atom. The van der Waals surface area contributed by atoms with E-state index in [0.717, 1.165) is 38.5 Å². The second-order valence-electron chi connectivity index (χ2n) is 15.3. The van der Waals surface area contributed by atoms with E-state index in [1.807, 2.05) is 27.2 Å². The molecule has 0 fully saturated rings. The molecule has 0 spiro atoms. The topological polar surface area (TPSA) is 108 Å². The first-order valence-corrected chi connectivity index (χ1v) is 22.2. The third-order valence-electron chi connectivity index (χ3n) is 9.14. The number of allylic oxidation sites excluding steroid dienone is 3. The Bertz CT molecular complexity index is 876. The lowest BCUT2D eigenvalue weighted by Gasteiger charge is -2.29. The summed E-state index contributed by atoms with van der Waals surface area (Å²) in [5.74, 6) is -0.201. The van der Waals surface area contributed by atoms with E-state index in [9.17, 15) is 19.4 Å². The van der Waals surface area contributed by atoms with Gasteiger partial charge in [0.05, 0.1) is 39.9 Å². The molecule has 50 heavy (non-hydrogen) atoms. The second kappa shape index (κ2) is 33.8. The first-order chi connectivity index (χ1) is 24.0. The van der Waals surface area contributed by atoms with Gasteiger partial charge < -0.3 is 28.8 Å². The largest absolute Gasteiger partial charge is 0.756 e. The molecule has 0 aromatic heterocycles. The molecule has 0 bridgehead atoms. The Labute approximate surface area is 309 Å². The van der Waals surface area contributed by atoms with Crippen LogP contribution in [0.25, 0.3) is 0 Å². The number of unbranched alkanes of at least 4 members (excludes halogenated alkanes) is 22. The van der Waals surface area contributed by atoms with Crippen LogP contribution >= 0.6 is 7.82 Å². The Hall–Kier alpha value is -1.02. The normalized spacial score (nSPS) is 14.8. The van der Waals surface area contributed by atoms with Crippen molar-refractivity contribution in [1.29, 1.82) is 0 Å². The number of hydrogen-bond donors (Lipinski definition) is 2. The number of aliphatic hydroxyl groups is 1. The highest BCUT2D eigenvalue weighted by Crippen LogP contribution is 2.38. The average Bonchev–Trinajstić information content (AvgIpc) is 3.06. The van der Waals surface area contributed by atoms with Gasteiger partial charge in [-0.25, -0.2) is 0 Å². The first-order valence-electron chi connectivity index (χ1n) is 20.7. The van der Waals surface area contributed by atoms with Crippen molar-refractivity contribution in [3.8, 4) is 0 Å². The number of hydrogen-bond acceptors (Lipinski definition) is 6. The van der Waals surface area contributed by atoms with Crippen LogP contribution < -0.4 is 10.2 Å². The molecule has 0 aromatic carbocycles. The molecule has 296 valence electrons. The number of carbonyl (C=O) groups is 1. The first kappa shape index (κ1) is 49.0. The van der Waals surface area contributed by atoms with Gasteiger partial charge >= 0.3 is 0 Å². The van der Waals surface area contributed by atoms with Gasteiger partial charge in [0.25, 0.3) is 7.82 Å². The lowest BCUT2D eigenvalue weighted by atomic mass is 10.0. The minimum atomic E-state index is -4.58. The molecule has 0 aliphatic heterocycles. The summed E-state index contributed by atoms with van der Waals surface area (Å²) in [6.45, 7) is 4.58. The predicted octanol–water partition coefficient (Wildman–Crippen LogP) is 10.3. The standard InChI is InChI=1S/C41H81N2O6P/c1-6-8-10-12-14-16-18-20-21-23-25-27-29-31-33-35-41(45)42-39(38-49-50(46,47)48-37-36-43(3,4)5)40(44)34-32-30-28-26-24-22-19-17-15-13-11-9-7-2/h11,13,32,34,39-40,44H,6-10,12,14-31,33,35-38H2,1-5H3,(H-,42,45,46,47)/b13-11+,34-32+/t39-,40+/m0/s1.